The third-order valence-electron chi connectivity index (χ3n) is 6.00. The van der Waals surface area contributed by atoms with Crippen LogP contribution in [0.5, 0.6) is 0 Å². The Balaban J connectivity index is 4.58. The smallest absolute Gasteiger partial charge is 0.334 e. The van der Waals surface area contributed by atoms with Gasteiger partial charge in [0.25, 0.3) is 0 Å². The van der Waals surface area contributed by atoms with E-state index in [-0.39, 0.29) is 11.9 Å². The molecule has 0 heterocycles. The van der Waals surface area contributed by atoms with E-state index in [1.165, 1.54) is 64.2 Å². The number of hydrogen-bond donors (Lipinski definition) is 0. The minimum Gasteiger partial charge on any atom is -0.462 e. The van der Waals surface area contributed by atoms with Crippen LogP contribution >= 0.6 is 0 Å². The van der Waals surface area contributed by atoms with Gasteiger partial charge in [0.2, 0.25) is 0 Å². The largest absolute Gasteiger partial charge is 0.462 e. The van der Waals surface area contributed by atoms with Gasteiger partial charge in [-0.15, -0.1) is 0 Å². The summed E-state index contributed by atoms with van der Waals surface area (Å²) in [5.41, 5.74) is 0.944. The Labute approximate surface area is 198 Å². The molecule has 0 aliphatic carbocycles. The van der Waals surface area contributed by atoms with E-state index in [9.17, 15) is 9.59 Å². The summed E-state index contributed by atoms with van der Waals surface area (Å²) in [6, 6.07) is 0. The maximum Gasteiger partial charge on any atom is 0.334 e. The highest BCUT2D eigenvalue weighted by Crippen LogP contribution is 2.18. The summed E-state index contributed by atoms with van der Waals surface area (Å²) in [5.74, 6) is -0.693. The van der Waals surface area contributed by atoms with Crippen LogP contribution in [0.1, 0.15) is 143 Å². The molecule has 0 rings (SSSR count). The van der Waals surface area contributed by atoms with Crippen LogP contribution in [-0.4, -0.2) is 25.2 Å². The summed E-state index contributed by atoms with van der Waals surface area (Å²) in [7, 11) is 0. The van der Waals surface area contributed by atoms with Gasteiger partial charge in [-0.1, -0.05) is 111 Å². The molecule has 0 spiro atoms. The molecule has 0 aliphatic heterocycles. The van der Waals surface area contributed by atoms with Gasteiger partial charge in [-0.05, 0) is 32.6 Å². The van der Waals surface area contributed by atoms with Crippen LogP contribution in [-0.2, 0) is 19.1 Å². The van der Waals surface area contributed by atoms with Gasteiger partial charge in [-0.25, -0.2) is 9.59 Å². The SMILES string of the molecule is CCCCCCCCOC(=O)C(C)=C(CCCCCCC)C(=O)OCCCCCCCC. The molecule has 0 aromatic rings. The summed E-state index contributed by atoms with van der Waals surface area (Å²) in [4.78, 5) is 25.3. The number of hydrogen-bond acceptors (Lipinski definition) is 4. The number of esters is 2. The van der Waals surface area contributed by atoms with Crippen molar-refractivity contribution >= 4 is 11.9 Å². The Bertz CT molecular complexity index is 496. The Hall–Kier alpha value is -1.32. The average Bonchev–Trinajstić information content (AvgIpc) is 2.79. The van der Waals surface area contributed by atoms with Gasteiger partial charge < -0.3 is 9.47 Å². The fourth-order valence-corrected chi connectivity index (χ4v) is 3.76. The van der Waals surface area contributed by atoms with Crippen LogP contribution < -0.4 is 0 Å². The highest BCUT2D eigenvalue weighted by molar-refractivity contribution is 5.99. The summed E-state index contributed by atoms with van der Waals surface area (Å²) >= 11 is 0. The number of ether oxygens (including phenoxy) is 2. The van der Waals surface area contributed by atoms with E-state index in [1.807, 2.05) is 0 Å². The molecule has 0 atom stereocenters. The van der Waals surface area contributed by atoms with Crippen LogP contribution in [0, 0.1) is 0 Å². The molecule has 4 nitrogen and oxygen atoms in total. The molecule has 0 unspecified atom stereocenters. The second-order valence-electron chi connectivity index (χ2n) is 9.08. The average molecular weight is 453 g/mol. The standard InChI is InChI=1S/C28H52O4/c1-5-8-11-14-17-20-23-31-27(29)25(4)26(22-19-16-13-10-7-3)28(30)32-24-21-18-15-12-9-6-2/h5-24H2,1-4H3. The Kier molecular flexibility index (Phi) is 21.9. The van der Waals surface area contributed by atoms with Crippen LogP contribution in [0.25, 0.3) is 0 Å². The Morgan fingerprint density at radius 1 is 0.500 bits per heavy atom. The molecule has 0 bridgehead atoms. The van der Waals surface area contributed by atoms with Crippen LogP contribution in [0.2, 0.25) is 0 Å². The highest BCUT2D eigenvalue weighted by Gasteiger charge is 2.19. The van der Waals surface area contributed by atoms with E-state index in [0.29, 0.717) is 30.8 Å². The van der Waals surface area contributed by atoms with Gasteiger partial charge in [0, 0.05) is 11.1 Å². The molecule has 0 aliphatic rings. The zero-order valence-electron chi connectivity index (χ0n) is 21.8. The van der Waals surface area contributed by atoms with Gasteiger partial charge in [0.1, 0.15) is 0 Å². The van der Waals surface area contributed by atoms with Gasteiger partial charge >= 0.3 is 11.9 Å². The van der Waals surface area contributed by atoms with Crippen molar-refractivity contribution in [3.05, 3.63) is 11.1 Å². The zero-order chi connectivity index (χ0) is 23.9. The molecule has 0 saturated heterocycles. The van der Waals surface area contributed by atoms with E-state index in [0.717, 1.165) is 44.9 Å². The number of unbranched alkanes of at least 4 members (excludes halogenated alkanes) is 14. The molecular formula is C28H52O4. The monoisotopic (exact) mass is 452 g/mol. The van der Waals surface area contributed by atoms with Gasteiger partial charge in [-0.3, -0.25) is 0 Å². The van der Waals surface area contributed by atoms with E-state index < -0.39 is 0 Å². The molecule has 0 aromatic heterocycles. The first-order chi connectivity index (χ1) is 15.6. The van der Waals surface area contributed by atoms with Crippen molar-refractivity contribution in [3.63, 3.8) is 0 Å². The summed E-state index contributed by atoms with van der Waals surface area (Å²) in [6.07, 6.45) is 20.0. The number of rotatable bonds is 22. The topological polar surface area (TPSA) is 52.6 Å². The molecular weight excluding hydrogens is 400 g/mol. The second kappa shape index (κ2) is 22.9. The normalized spacial score (nSPS) is 11.9. The molecule has 0 amide bonds. The van der Waals surface area contributed by atoms with Crippen LogP contribution in [0.15, 0.2) is 11.1 Å². The van der Waals surface area contributed by atoms with Gasteiger partial charge in [0.05, 0.1) is 13.2 Å². The Morgan fingerprint density at radius 2 is 0.875 bits per heavy atom. The molecule has 4 heteroatoms. The first kappa shape index (κ1) is 30.7. The van der Waals surface area contributed by atoms with E-state index >= 15 is 0 Å². The third kappa shape index (κ3) is 17.3. The van der Waals surface area contributed by atoms with Crippen molar-refractivity contribution in [3.8, 4) is 0 Å². The molecule has 188 valence electrons. The van der Waals surface area contributed by atoms with Crippen molar-refractivity contribution in [1.82, 2.24) is 0 Å². The predicted octanol–water partition coefficient (Wildman–Crippen LogP) is 8.47. The minimum absolute atomic E-state index is 0.330. The lowest BCUT2D eigenvalue weighted by Crippen LogP contribution is -2.16. The predicted molar refractivity (Wildman–Crippen MR) is 135 cm³/mol. The minimum atomic E-state index is -0.362. The van der Waals surface area contributed by atoms with Crippen LogP contribution in [0.3, 0.4) is 0 Å². The lowest BCUT2D eigenvalue weighted by Gasteiger charge is -2.12. The van der Waals surface area contributed by atoms with E-state index in [1.54, 1.807) is 6.92 Å². The fraction of sp³-hybridized carbons (Fsp3) is 0.857. The van der Waals surface area contributed by atoms with Crippen molar-refractivity contribution in [2.24, 2.45) is 0 Å². The summed E-state index contributed by atoms with van der Waals surface area (Å²) in [5, 5.41) is 0. The first-order valence-corrected chi connectivity index (χ1v) is 13.6. The molecule has 32 heavy (non-hydrogen) atoms. The van der Waals surface area contributed by atoms with Crippen molar-refractivity contribution < 1.29 is 19.1 Å². The summed E-state index contributed by atoms with van der Waals surface area (Å²) < 4.78 is 11.0. The maximum atomic E-state index is 12.7. The summed E-state index contributed by atoms with van der Waals surface area (Å²) in [6.45, 7) is 9.19. The fourth-order valence-electron chi connectivity index (χ4n) is 3.76. The van der Waals surface area contributed by atoms with E-state index in [4.69, 9.17) is 9.47 Å². The van der Waals surface area contributed by atoms with Gasteiger partial charge in [-0.2, -0.15) is 0 Å². The quantitative estimate of drug-likeness (QED) is 0.0938. The third-order valence-corrected chi connectivity index (χ3v) is 6.00. The van der Waals surface area contributed by atoms with E-state index in [2.05, 4.69) is 20.8 Å². The van der Waals surface area contributed by atoms with Gasteiger partial charge in [0.15, 0.2) is 0 Å². The number of carbonyl (C=O) groups excluding carboxylic acids is 2. The van der Waals surface area contributed by atoms with Crippen LogP contribution in [0.4, 0.5) is 0 Å². The molecule has 0 N–H and O–H groups in total. The second-order valence-corrected chi connectivity index (χ2v) is 9.08. The highest BCUT2D eigenvalue weighted by atomic mass is 16.5. The number of carbonyl (C=O) groups is 2. The van der Waals surface area contributed by atoms with Crippen molar-refractivity contribution in [2.75, 3.05) is 13.2 Å². The van der Waals surface area contributed by atoms with Crippen molar-refractivity contribution in [1.29, 1.82) is 0 Å². The molecule has 0 aromatic carbocycles. The molecule has 0 saturated carbocycles. The lowest BCUT2D eigenvalue weighted by molar-refractivity contribution is -0.142. The lowest BCUT2D eigenvalue weighted by atomic mass is 10.0. The Morgan fingerprint density at radius 3 is 1.34 bits per heavy atom. The maximum absolute atomic E-state index is 12.7. The molecule has 0 radical (unpaired) electrons. The zero-order valence-corrected chi connectivity index (χ0v) is 21.8. The first-order valence-electron chi connectivity index (χ1n) is 13.6. The molecule has 0 fully saturated rings. The van der Waals surface area contributed by atoms with Crippen molar-refractivity contribution in [2.45, 2.75) is 143 Å².